The van der Waals surface area contributed by atoms with Crippen LogP contribution in [0.4, 0.5) is 0 Å². The maximum absolute atomic E-state index is 8.94. The smallest absolute Gasteiger partial charge is 0.0681 e. The van der Waals surface area contributed by atoms with Crippen molar-refractivity contribution < 1.29 is 5.11 Å². The molecule has 0 saturated heterocycles. The molecular weight excluding hydrogens is 228 g/mol. The van der Waals surface area contributed by atoms with Crippen molar-refractivity contribution in [2.75, 3.05) is 5.75 Å². The van der Waals surface area contributed by atoms with Crippen LogP contribution in [0, 0.1) is 0 Å². The number of thioether (sulfide) groups is 1. The maximum atomic E-state index is 8.94. The van der Waals surface area contributed by atoms with Crippen molar-refractivity contribution in [3.05, 3.63) is 29.8 Å². The fourth-order valence-corrected chi connectivity index (χ4v) is 2.68. The first-order valence-electron chi connectivity index (χ1n) is 6.69. The first-order chi connectivity index (χ1) is 8.36. The number of benzene rings is 1. The highest BCUT2D eigenvalue weighted by atomic mass is 32.2. The molecular formula is C15H24OS. The lowest BCUT2D eigenvalue weighted by Crippen LogP contribution is -1.84. The zero-order chi connectivity index (χ0) is 12.3. The molecule has 0 spiro atoms. The van der Waals surface area contributed by atoms with Gasteiger partial charge in [0.05, 0.1) is 6.61 Å². The summed E-state index contributed by atoms with van der Waals surface area (Å²) in [6.45, 7) is 2.40. The van der Waals surface area contributed by atoms with Gasteiger partial charge in [-0.25, -0.2) is 0 Å². The Balaban J connectivity index is 2.05. The van der Waals surface area contributed by atoms with Gasteiger partial charge >= 0.3 is 0 Å². The molecule has 0 aliphatic carbocycles. The van der Waals surface area contributed by atoms with Crippen LogP contribution in [0.1, 0.15) is 51.0 Å². The molecule has 2 heteroatoms. The first kappa shape index (κ1) is 14.6. The molecule has 1 N–H and O–H groups in total. The summed E-state index contributed by atoms with van der Waals surface area (Å²) in [6, 6.07) is 8.22. The van der Waals surface area contributed by atoms with E-state index in [0.717, 1.165) is 5.56 Å². The van der Waals surface area contributed by atoms with E-state index < -0.39 is 0 Å². The second-order valence-corrected chi connectivity index (χ2v) is 5.59. The lowest BCUT2D eigenvalue weighted by atomic mass is 10.1. The topological polar surface area (TPSA) is 20.2 Å². The Morgan fingerprint density at radius 3 is 2.24 bits per heavy atom. The van der Waals surface area contributed by atoms with Crippen LogP contribution in [-0.2, 0) is 6.61 Å². The van der Waals surface area contributed by atoms with Gasteiger partial charge in [-0.2, -0.15) is 0 Å². The third-order valence-corrected chi connectivity index (χ3v) is 3.97. The molecule has 0 fully saturated rings. The summed E-state index contributed by atoms with van der Waals surface area (Å²) in [4.78, 5) is 1.32. The van der Waals surface area contributed by atoms with E-state index >= 15 is 0 Å². The molecule has 1 rings (SSSR count). The van der Waals surface area contributed by atoms with Crippen molar-refractivity contribution in [1.82, 2.24) is 0 Å². The Morgan fingerprint density at radius 2 is 1.59 bits per heavy atom. The summed E-state index contributed by atoms with van der Waals surface area (Å²) >= 11 is 1.92. The molecule has 0 radical (unpaired) electrons. The van der Waals surface area contributed by atoms with Gasteiger partial charge in [0.25, 0.3) is 0 Å². The second kappa shape index (κ2) is 9.55. The van der Waals surface area contributed by atoms with E-state index in [9.17, 15) is 0 Å². The fraction of sp³-hybridized carbons (Fsp3) is 0.600. The Labute approximate surface area is 110 Å². The van der Waals surface area contributed by atoms with Gasteiger partial charge in [-0.1, -0.05) is 51.2 Å². The van der Waals surface area contributed by atoms with Crippen LogP contribution in [-0.4, -0.2) is 10.9 Å². The molecule has 96 valence electrons. The van der Waals surface area contributed by atoms with E-state index in [1.807, 2.05) is 23.9 Å². The largest absolute Gasteiger partial charge is 0.392 e. The number of hydrogen-bond acceptors (Lipinski definition) is 2. The van der Waals surface area contributed by atoms with E-state index in [0.29, 0.717) is 0 Å². The van der Waals surface area contributed by atoms with Gasteiger partial charge in [0.1, 0.15) is 0 Å². The normalized spacial score (nSPS) is 10.7. The molecule has 0 amide bonds. The summed E-state index contributed by atoms with van der Waals surface area (Å²) in [7, 11) is 0. The maximum Gasteiger partial charge on any atom is 0.0681 e. The van der Waals surface area contributed by atoms with E-state index in [4.69, 9.17) is 5.11 Å². The highest BCUT2D eigenvalue weighted by Crippen LogP contribution is 2.20. The van der Waals surface area contributed by atoms with Crippen LogP contribution >= 0.6 is 11.8 Å². The van der Waals surface area contributed by atoms with E-state index in [1.165, 1.54) is 49.2 Å². The van der Waals surface area contributed by atoms with Crippen molar-refractivity contribution in [2.24, 2.45) is 0 Å². The molecule has 0 bridgehead atoms. The predicted molar refractivity (Wildman–Crippen MR) is 76.5 cm³/mol. The Hall–Kier alpha value is -0.470. The minimum absolute atomic E-state index is 0.141. The van der Waals surface area contributed by atoms with Gasteiger partial charge in [-0.3, -0.25) is 0 Å². The van der Waals surface area contributed by atoms with Gasteiger partial charge in [-0.15, -0.1) is 11.8 Å². The zero-order valence-electron chi connectivity index (χ0n) is 10.8. The van der Waals surface area contributed by atoms with Gasteiger partial charge < -0.3 is 5.11 Å². The molecule has 0 atom stereocenters. The minimum atomic E-state index is 0.141. The highest BCUT2D eigenvalue weighted by molar-refractivity contribution is 7.99. The minimum Gasteiger partial charge on any atom is -0.392 e. The standard InChI is InChI=1S/C15H24OS/c1-2-3-4-5-6-7-12-17-15-10-8-14(13-16)9-11-15/h8-11,16H,2-7,12-13H2,1H3. The van der Waals surface area contributed by atoms with Crippen LogP contribution < -0.4 is 0 Å². The van der Waals surface area contributed by atoms with Gasteiger partial charge in [0, 0.05) is 4.90 Å². The molecule has 0 aliphatic rings. The number of aliphatic hydroxyl groups is 1. The summed E-state index contributed by atoms with van der Waals surface area (Å²) in [5.41, 5.74) is 0.994. The van der Waals surface area contributed by atoms with Crippen molar-refractivity contribution in [1.29, 1.82) is 0 Å². The van der Waals surface area contributed by atoms with Crippen LogP contribution in [0.5, 0.6) is 0 Å². The molecule has 1 aromatic rings. The van der Waals surface area contributed by atoms with E-state index in [-0.39, 0.29) is 6.61 Å². The van der Waals surface area contributed by atoms with Gasteiger partial charge in [0.2, 0.25) is 0 Å². The number of hydrogen-bond donors (Lipinski definition) is 1. The Bertz CT molecular complexity index is 281. The van der Waals surface area contributed by atoms with Crippen molar-refractivity contribution in [3.63, 3.8) is 0 Å². The molecule has 1 nitrogen and oxygen atoms in total. The lowest BCUT2D eigenvalue weighted by Gasteiger charge is -2.03. The van der Waals surface area contributed by atoms with Crippen molar-refractivity contribution in [2.45, 2.75) is 57.0 Å². The van der Waals surface area contributed by atoms with Crippen LogP contribution in [0.15, 0.2) is 29.2 Å². The molecule has 17 heavy (non-hydrogen) atoms. The Morgan fingerprint density at radius 1 is 0.941 bits per heavy atom. The van der Waals surface area contributed by atoms with Crippen molar-refractivity contribution >= 4 is 11.8 Å². The lowest BCUT2D eigenvalue weighted by molar-refractivity contribution is 0.282. The van der Waals surface area contributed by atoms with Crippen LogP contribution in [0.25, 0.3) is 0 Å². The second-order valence-electron chi connectivity index (χ2n) is 4.42. The van der Waals surface area contributed by atoms with Gasteiger partial charge in [0.15, 0.2) is 0 Å². The summed E-state index contributed by atoms with van der Waals surface area (Å²) in [6.07, 6.45) is 8.17. The summed E-state index contributed by atoms with van der Waals surface area (Å²) in [5.74, 6) is 1.21. The molecule has 0 saturated carbocycles. The van der Waals surface area contributed by atoms with Gasteiger partial charge in [-0.05, 0) is 29.9 Å². The van der Waals surface area contributed by atoms with Crippen molar-refractivity contribution in [3.8, 4) is 0 Å². The number of unbranched alkanes of at least 4 members (excludes halogenated alkanes) is 5. The monoisotopic (exact) mass is 252 g/mol. The fourth-order valence-electron chi connectivity index (χ4n) is 1.76. The summed E-state index contributed by atoms with van der Waals surface area (Å²) in [5, 5.41) is 8.94. The van der Waals surface area contributed by atoms with E-state index in [2.05, 4.69) is 19.1 Å². The average Bonchev–Trinajstić information content (AvgIpc) is 2.38. The molecule has 0 heterocycles. The zero-order valence-corrected chi connectivity index (χ0v) is 11.6. The number of aliphatic hydroxyl groups excluding tert-OH is 1. The van der Waals surface area contributed by atoms with Crippen LogP contribution in [0.3, 0.4) is 0 Å². The third-order valence-electron chi connectivity index (χ3n) is 2.87. The molecule has 1 aromatic carbocycles. The molecule has 0 unspecified atom stereocenters. The van der Waals surface area contributed by atoms with Crippen LogP contribution in [0.2, 0.25) is 0 Å². The van der Waals surface area contributed by atoms with E-state index in [1.54, 1.807) is 0 Å². The SMILES string of the molecule is CCCCCCCCSc1ccc(CO)cc1. The highest BCUT2D eigenvalue weighted by Gasteiger charge is 1.95. The Kier molecular flexibility index (Phi) is 8.20. The molecule has 0 aliphatic heterocycles. The average molecular weight is 252 g/mol. The third kappa shape index (κ3) is 6.75. The first-order valence-corrected chi connectivity index (χ1v) is 7.68. The predicted octanol–water partition coefficient (Wildman–Crippen LogP) is 4.63. The number of rotatable bonds is 9. The quantitative estimate of drug-likeness (QED) is 0.510. The molecule has 0 aromatic heterocycles. The summed E-state index contributed by atoms with van der Waals surface area (Å²) < 4.78 is 0.